The third-order valence-electron chi connectivity index (χ3n) is 5.34. The highest BCUT2D eigenvalue weighted by molar-refractivity contribution is 6.17. The molecule has 1 unspecified atom stereocenters. The molecule has 1 atom stereocenters. The van der Waals surface area contributed by atoms with Crippen molar-refractivity contribution < 1.29 is 19.4 Å². The van der Waals surface area contributed by atoms with E-state index in [-0.39, 0.29) is 17.8 Å². The Balaban J connectivity index is 1.74. The minimum absolute atomic E-state index is 0.0832. The molecule has 1 aromatic heterocycles. The molecule has 0 aliphatic carbocycles. The molecule has 1 aliphatic rings. The highest BCUT2D eigenvalue weighted by Crippen LogP contribution is 2.44. The second-order valence-corrected chi connectivity index (χ2v) is 7.21. The van der Waals surface area contributed by atoms with Crippen molar-refractivity contribution in [2.45, 2.75) is 18.9 Å². The summed E-state index contributed by atoms with van der Waals surface area (Å²) in [4.78, 5) is 31.9. The number of para-hydroxylation sites is 2. The average Bonchev–Trinajstić information content (AvgIpc) is 3.09. The largest absolute Gasteiger partial charge is 0.503 e. The fourth-order valence-electron chi connectivity index (χ4n) is 3.86. The van der Waals surface area contributed by atoms with Crippen LogP contribution in [0.1, 0.15) is 23.6 Å². The summed E-state index contributed by atoms with van der Waals surface area (Å²) in [5.74, 6) is -0.976. The lowest BCUT2D eigenvalue weighted by Gasteiger charge is -2.27. The molecule has 4 rings (SSSR count). The summed E-state index contributed by atoms with van der Waals surface area (Å²) >= 11 is 0. The number of nitrogens with zero attached hydrogens (tertiary/aromatic N) is 2. The van der Waals surface area contributed by atoms with E-state index in [9.17, 15) is 14.7 Å². The lowest BCUT2D eigenvalue weighted by molar-refractivity contribution is -0.118. The van der Waals surface area contributed by atoms with E-state index in [1.807, 2.05) is 30.3 Å². The zero-order valence-corrected chi connectivity index (χ0v) is 17.1. The maximum absolute atomic E-state index is 13.2. The summed E-state index contributed by atoms with van der Waals surface area (Å²) in [5.41, 5.74) is 2.20. The van der Waals surface area contributed by atoms with Gasteiger partial charge in [-0.15, -0.1) is 0 Å². The van der Waals surface area contributed by atoms with Gasteiger partial charge in [0.2, 0.25) is 0 Å². The van der Waals surface area contributed by atoms with Crippen molar-refractivity contribution in [1.82, 2.24) is 4.98 Å². The molecule has 3 aromatic rings. The van der Waals surface area contributed by atoms with Gasteiger partial charge >= 0.3 is 0 Å². The lowest BCUT2D eigenvalue weighted by atomic mass is 9.94. The van der Waals surface area contributed by atoms with E-state index in [1.165, 1.54) is 12.0 Å². The summed E-state index contributed by atoms with van der Waals surface area (Å²) < 4.78 is 5.43. The van der Waals surface area contributed by atoms with Crippen LogP contribution in [-0.2, 0) is 16.0 Å². The third-order valence-corrected chi connectivity index (χ3v) is 5.34. The number of aliphatic hydroxyl groups is 1. The van der Waals surface area contributed by atoms with Crippen LogP contribution < -0.4 is 9.64 Å². The third kappa shape index (κ3) is 3.92. The van der Waals surface area contributed by atoms with Crippen LogP contribution in [0.2, 0.25) is 0 Å². The number of aryl methyl sites for hydroxylation is 1. The first-order valence-electron chi connectivity index (χ1n) is 9.98. The highest BCUT2D eigenvalue weighted by atomic mass is 16.5. The Morgan fingerprint density at radius 3 is 2.52 bits per heavy atom. The van der Waals surface area contributed by atoms with E-state index < -0.39 is 17.7 Å². The second-order valence-electron chi connectivity index (χ2n) is 7.21. The maximum Gasteiger partial charge on any atom is 0.294 e. The number of ether oxygens (including phenoxy) is 1. The first kappa shape index (κ1) is 20.3. The number of hydrogen-bond acceptors (Lipinski definition) is 5. The van der Waals surface area contributed by atoms with Gasteiger partial charge < -0.3 is 9.84 Å². The van der Waals surface area contributed by atoms with Crippen LogP contribution in [0.25, 0.3) is 0 Å². The molecule has 0 fully saturated rings. The number of methoxy groups -OCH3 is 1. The summed E-state index contributed by atoms with van der Waals surface area (Å²) in [6.45, 7) is 0. The minimum atomic E-state index is -0.791. The van der Waals surface area contributed by atoms with Gasteiger partial charge in [0.15, 0.2) is 11.5 Å². The number of carbonyl (C=O) groups is 2. The molecule has 1 N–H and O–H groups in total. The van der Waals surface area contributed by atoms with Crippen molar-refractivity contribution in [1.29, 1.82) is 0 Å². The molecule has 0 bridgehead atoms. The Morgan fingerprint density at radius 1 is 1.06 bits per heavy atom. The van der Waals surface area contributed by atoms with Crippen molar-refractivity contribution in [2.75, 3.05) is 12.0 Å². The Hall–Kier alpha value is -3.93. The number of pyridine rings is 1. The monoisotopic (exact) mass is 414 g/mol. The van der Waals surface area contributed by atoms with Crippen molar-refractivity contribution >= 4 is 17.4 Å². The summed E-state index contributed by atoms with van der Waals surface area (Å²) in [6.07, 6.45) is 3.91. The Morgan fingerprint density at radius 2 is 1.81 bits per heavy atom. The smallest absolute Gasteiger partial charge is 0.294 e. The molecule has 6 nitrogen and oxygen atoms in total. The molecule has 0 saturated heterocycles. The summed E-state index contributed by atoms with van der Waals surface area (Å²) in [7, 11) is 1.51. The Bertz CT molecular complexity index is 1130. The van der Waals surface area contributed by atoms with Crippen molar-refractivity contribution in [2.24, 2.45) is 0 Å². The van der Waals surface area contributed by atoms with E-state index in [0.717, 1.165) is 5.56 Å². The number of rotatable bonds is 7. The number of aromatic nitrogens is 1. The fraction of sp³-hybridized carbons (Fsp3) is 0.160. The van der Waals surface area contributed by atoms with Crippen molar-refractivity contribution in [3.8, 4) is 5.75 Å². The number of carbonyl (C=O) groups excluding carboxylic acids is 2. The van der Waals surface area contributed by atoms with Gasteiger partial charge in [-0.05, 0) is 35.7 Å². The van der Waals surface area contributed by atoms with Gasteiger partial charge in [-0.3, -0.25) is 19.5 Å². The predicted octanol–water partition coefficient (Wildman–Crippen LogP) is 4.19. The topological polar surface area (TPSA) is 79.7 Å². The Labute approximate surface area is 180 Å². The number of Topliss-reactive ketones (excluding diaryl/α,β-unsaturated/α-hetero) is 1. The average molecular weight is 414 g/mol. The molecule has 6 heteroatoms. The molecule has 0 spiro atoms. The zero-order chi connectivity index (χ0) is 21.8. The number of amides is 1. The summed E-state index contributed by atoms with van der Waals surface area (Å²) in [5, 5.41) is 10.8. The number of aliphatic hydroxyl groups excluding tert-OH is 1. The fourth-order valence-corrected chi connectivity index (χ4v) is 3.86. The van der Waals surface area contributed by atoms with Crippen LogP contribution in [-0.4, -0.2) is 28.9 Å². The van der Waals surface area contributed by atoms with E-state index >= 15 is 0 Å². The van der Waals surface area contributed by atoms with Gasteiger partial charge in [0, 0.05) is 18.8 Å². The number of ketones is 1. The normalized spacial score (nSPS) is 16.0. The van der Waals surface area contributed by atoms with Gasteiger partial charge in [-0.2, -0.15) is 0 Å². The number of anilines is 1. The number of benzene rings is 2. The van der Waals surface area contributed by atoms with Gasteiger partial charge in [0.25, 0.3) is 5.91 Å². The second kappa shape index (κ2) is 8.83. The van der Waals surface area contributed by atoms with Gasteiger partial charge in [0.1, 0.15) is 5.75 Å². The van der Waals surface area contributed by atoms with E-state index in [2.05, 4.69) is 4.98 Å². The van der Waals surface area contributed by atoms with Crippen LogP contribution in [0.15, 0.2) is 90.5 Å². The van der Waals surface area contributed by atoms with E-state index in [1.54, 1.807) is 48.8 Å². The molecular weight excluding hydrogens is 392 g/mol. The van der Waals surface area contributed by atoms with E-state index in [4.69, 9.17) is 4.74 Å². The van der Waals surface area contributed by atoms with Gasteiger partial charge in [-0.1, -0.05) is 48.5 Å². The van der Waals surface area contributed by atoms with Crippen LogP contribution in [0, 0.1) is 0 Å². The molecule has 1 amide bonds. The van der Waals surface area contributed by atoms with Crippen LogP contribution in [0.3, 0.4) is 0 Å². The molecule has 0 saturated carbocycles. The molecule has 31 heavy (non-hydrogen) atoms. The first-order chi connectivity index (χ1) is 15.1. The van der Waals surface area contributed by atoms with Crippen molar-refractivity contribution in [3.05, 3.63) is 102 Å². The maximum atomic E-state index is 13.2. The van der Waals surface area contributed by atoms with Crippen LogP contribution >= 0.6 is 0 Å². The predicted molar refractivity (Wildman–Crippen MR) is 117 cm³/mol. The quantitative estimate of drug-likeness (QED) is 0.627. The summed E-state index contributed by atoms with van der Waals surface area (Å²) in [6, 6.07) is 19.4. The molecule has 156 valence electrons. The molecular formula is C25H22N2O4. The molecule has 2 heterocycles. The standard InChI is InChI=1S/C25H22N2O4/c1-31-21-12-6-5-11-19(21)27-23(18-10-7-15-26-16-18)22(24(29)25(27)30)20(28)14-13-17-8-3-2-4-9-17/h2-12,15-16,23,29H,13-14H2,1H3. The van der Waals surface area contributed by atoms with Gasteiger partial charge in [-0.25, -0.2) is 0 Å². The first-order valence-corrected chi connectivity index (χ1v) is 9.98. The van der Waals surface area contributed by atoms with Gasteiger partial charge in [0.05, 0.1) is 24.4 Å². The lowest BCUT2D eigenvalue weighted by Crippen LogP contribution is -2.31. The SMILES string of the molecule is COc1ccccc1N1C(=O)C(O)=C(C(=O)CCc2ccccc2)C1c1cccnc1. The minimum Gasteiger partial charge on any atom is -0.503 e. The molecule has 0 radical (unpaired) electrons. The molecule has 2 aromatic carbocycles. The highest BCUT2D eigenvalue weighted by Gasteiger charge is 2.45. The van der Waals surface area contributed by atoms with E-state index in [0.29, 0.717) is 23.4 Å². The van der Waals surface area contributed by atoms with Crippen LogP contribution in [0.5, 0.6) is 5.75 Å². The Kier molecular flexibility index (Phi) is 5.80. The molecule has 1 aliphatic heterocycles. The number of hydrogen-bond donors (Lipinski definition) is 1. The zero-order valence-electron chi connectivity index (χ0n) is 17.1. The van der Waals surface area contributed by atoms with Crippen molar-refractivity contribution in [3.63, 3.8) is 0 Å². The van der Waals surface area contributed by atoms with Crippen LogP contribution in [0.4, 0.5) is 5.69 Å².